The lowest BCUT2D eigenvalue weighted by Crippen LogP contribution is -2.30. The average Bonchev–Trinajstić information content (AvgIpc) is 3.14. The summed E-state index contributed by atoms with van der Waals surface area (Å²) in [5.74, 6) is -1.15. The van der Waals surface area contributed by atoms with E-state index in [-0.39, 0.29) is 26.8 Å². The fourth-order valence-electron chi connectivity index (χ4n) is 3.16. The summed E-state index contributed by atoms with van der Waals surface area (Å²) in [6, 6.07) is 8.90. The molecule has 0 saturated carbocycles. The van der Waals surface area contributed by atoms with Gasteiger partial charge in [-0.05, 0) is 36.4 Å². The molecule has 0 spiro atoms. The smallest absolute Gasteiger partial charge is 0.325 e. The van der Waals surface area contributed by atoms with Crippen LogP contribution in [0.2, 0.25) is 10.0 Å². The number of carbonyl (C=O) groups is 2. The van der Waals surface area contributed by atoms with Gasteiger partial charge in [-0.25, -0.2) is 8.42 Å². The second-order valence-corrected chi connectivity index (χ2v) is 10.5. The highest BCUT2D eigenvalue weighted by Crippen LogP contribution is 2.32. The molecule has 0 bridgehead atoms. The number of thiazole rings is 1. The number of esters is 1. The Morgan fingerprint density at radius 3 is 2.30 bits per heavy atom. The first-order chi connectivity index (χ1) is 15.6. The van der Waals surface area contributed by atoms with E-state index in [9.17, 15) is 18.0 Å². The van der Waals surface area contributed by atoms with Crippen LogP contribution >= 0.6 is 34.5 Å². The molecule has 0 aliphatic carbocycles. The van der Waals surface area contributed by atoms with Crippen LogP contribution in [0.15, 0.2) is 46.3 Å². The van der Waals surface area contributed by atoms with Gasteiger partial charge in [-0.1, -0.05) is 48.4 Å². The standard InChI is InChI=1S/C21H21Cl2N3O5S2/c1-4-25(5-2)33(29,30)14-8-6-13(7-9-14)20(28)24-21-26(12-17(27)31-3)19-16(32-21)11-10-15(22)18(19)23/h6-11H,4-5,12H2,1-3H3. The van der Waals surface area contributed by atoms with E-state index in [1.165, 1.54) is 40.2 Å². The topological polar surface area (TPSA) is 98.0 Å². The van der Waals surface area contributed by atoms with Crippen LogP contribution in [-0.4, -0.2) is 49.4 Å². The lowest BCUT2D eigenvalue weighted by Gasteiger charge is -2.18. The summed E-state index contributed by atoms with van der Waals surface area (Å²) in [6.45, 7) is 3.97. The second-order valence-electron chi connectivity index (χ2n) is 6.79. The minimum Gasteiger partial charge on any atom is -0.468 e. The van der Waals surface area contributed by atoms with Gasteiger partial charge in [0.05, 0.1) is 32.3 Å². The molecule has 0 fully saturated rings. The highest BCUT2D eigenvalue weighted by molar-refractivity contribution is 7.89. The minimum atomic E-state index is -3.64. The molecule has 1 aromatic heterocycles. The van der Waals surface area contributed by atoms with E-state index in [0.29, 0.717) is 28.3 Å². The maximum Gasteiger partial charge on any atom is 0.325 e. The number of fused-ring (bicyclic) bond motifs is 1. The van der Waals surface area contributed by atoms with Gasteiger partial charge >= 0.3 is 5.97 Å². The summed E-state index contributed by atoms with van der Waals surface area (Å²) in [7, 11) is -2.39. The van der Waals surface area contributed by atoms with Gasteiger partial charge in [0.15, 0.2) is 4.80 Å². The van der Waals surface area contributed by atoms with Gasteiger partial charge in [-0.15, -0.1) is 0 Å². The van der Waals surface area contributed by atoms with Crippen molar-refractivity contribution in [3.63, 3.8) is 0 Å². The zero-order valence-corrected chi connectivity index (χ0v) is 21.2. The first kappa shape index (κ1) is 25.4. The first-order valence-electron chi connectivity index (χ1n) is 9.87. The fraction of sp³-hybridized carbons (Fsp3) is 0.286. The molecule has 176 valence electrons. The molecule has 0 N–H and O–H groups in total. The van der Waals surface area contributed by atoms with Crippen molar-refractivity contribution in [2.24, 2.45) is 4.99 Å². The van der Waals surface area contributed by atoms with Crippen LogP contribution in [0.5, 0.6) is 0 Å². The van der Waals surface area contributed by atoms with Gasteiger partial charge in [0.1, 0.15) is 6.54 Å². The van der Waals surface area contributed by atoms with Crippen molar-refractivity contribution in [2.45, 2.75) is 25.3 Å². The molecule has 0 atom stereocenters. The number of hydrogen-bond acceptors (Lipinski definition) is 6. The predicted octanol–water partition coefficient (Wildman–Crippen LogP) is 3.95. The Kier molecular flexibility index (Phi) is 7.96. The molecular formula is C21H21Cl2N3O5S2. The van der Waals surface area contributed by atoms with Gasteiger partial charge in [0.25, 0.3) is 5.91 Å². The van der Waals surface area contributed by atoms with Crippen LogP contribution in [0.1, 0.15) is 24.2 Å². The Labute approximate surface area is 205 Å². The quantitative estimate of drug-likeness (QED) is 0.431. The van der Waals surface area contributed by atoms with Crippen molar-refractivity contribution in [1.29, 1.82) is 0 Å². The third-order valence-electron chi connectivity index (χ3n) is 4.89. The molecule has 0 radical (unpaired) electrons. The average molecular weight is 530 g/mol. The van der Waals surface area contributed by atoms with E-state index in [1.807, 2.05) is 0 Å². The second kappa shape index (κ2) is 10.4. The first-order valence-corrected chi connectivity index (χ1v) is 12.9. The third-order valence-corrected chi connectivity index (χ3v) is 8.79. The van der Waals surface area contributed by atoms with E-state index in [2.05, 4.69) is 4.99 Å². The van der Waals surface area contributed by atoms with E-state index >= 15 is 0 Å². The molecule has 0 saturated heterocycles. The van der Waals surface area contributed by atoms with Crippen LogP contribution in [-0.2, 0) is 26.1 Å². The number of nitrogens with zero attached hydrogens (tertiary/aromatic N) is 3. The van der Waals surface area contributed by atoms with E-state index in [0.717, 1.165) is 11.3 Å². The monoisotopic (exact) mass is 529 g/mol. The Morgan fingerprint density at radius 1 is 1.09 bits per heavy atom. The molecule has 2 aromatic carbocycles. The summed E-state index contributed by atoms with van der Waals surface area (Å²) >= 11 is 13.6. The van der Waals surface area contributed by atoms with E-state index < -0.39 is 21.9 Å². The molecule has 0 aliphatic heterocycles. The van der Waals surface area contributed by atoms with Gasteiger partial charge in [-0.3, -0.25) is 9.59 Å². The van der Waals surface area contributed by atoms with Gasteiger partial charge in [0, 0.05) is 18.7 Å². The number of hydrogen-bond donors (Lipinski definition) is 0. The van der Waals surface area contributed by atoms with Crippen LogP contribution in [0.3, 0.4) is 0 Å². The maximum atomic E-state index is 12.8. The Morgan fingerprint density at radius 2 is 1.73 bits per heavy atom. The molecule has 0 aliphatic rings. The number of rotatable bonds is 7. The zero-order chi connectivity index (χ0) is 24.3. The van der Waals surface area contributed by atoms with Crippen molar-refractivity contribution >= 4 is 66.7 Å². The lowest BCUT2D eigenvalue weighted by atomic mass is 10.2. The van der Waals surface area contributed by atoms with Crippen LogP contribution in [0, 0.1) is 0 Å². The zero-order valence-electron chi connectivity index (χ0n) is 18.0. The number of ether oxygens (including phenoxy) is 1. The van der Waals surface area contributed by atoms with Gasteiger partial charge < -0.3 is 9.30 Å². The third kappa shape index (κ3) is 5.15. The summed E-state index contributed by atoms with van der Waals surface area (Å²) in [4.78, 5) is 29.3. The number of halogens is 2. The van der Waals surface area contributed by atoms with Crippen LogP contribution in [0.25, 0.3) is 10.2 Å². The molecule has 33 heavy (non-hydrogen) atoms. The Hall–Kier alpha value is -2.24. The van der Waals surface area contributed by atoms with Crippen molar-refractivity contribution in [2.75, 3.05) is 20.2 Å². The summed E-state index contributed by atoms with van der Waals surface area (Å²) in [5, 5.41) is 0.526. The minimum absolute atomic E-state index is 0.0896. The SMILES string of the molecule is CCN(CC)S(=O)(=O)c1ccc(C(=O)N=c2sc3ccc(Cl)c(Cl)c3n2CC(=O)OC)cc1. The lowest BCUT2D eigenvalue weighted by molar-refractivity contribution is -0.141. The van der Waals surface area contributed by atoms with Crippen molar-refractivity contribution in [3.8, 4) is 0 Å². The number of aromatic nitrogens is 1. The number of carbonyl (C=O) groups excluding carboxylic acids is 2. The molecule has 0 unspecified atom stereocenters. The van der Waals surface area contributed by atoms with E-state index in [1.54, 1.807) is 26.0 Å². The number of methoxy groups -OCH3 is 1. The molecule has 1 heterocycles. The molecule has 1 amide bonds. The largest absolute Gasteiger partial charge is 0.468 e. The van der Waals surface area contributed by atoms with Crippen molar-refractivity contribution in [1.82, 2.24) is 8.87 Å². The van der Waals surface area contributed by atoms with E-state index in [4.69, 9.17) is 27.9 Å². The number of amides is 1. The van der Waals surface area contributed by atoms with Crippen molar-refractivity contribution < 1.29 is 22.7 Å². The summed E-state index contributed by atoms with van der Waals surface area (Å²) < 4.78 is 33.5. The molecular weight excluding hydrogens is 509 g/mol. The highest BCUT2D eigenvalue weighted by Gasteiger charge is 2.22. The predicted molar refractivity (Wildman–Crippen MR) is 128 cm³/mol. The van der Waals surface area contributed by atoms with Crippen molar-refractivity contribution in [3.05, 3.63) is 56.8 Å². The Bertz CT molecular complexity index is 1380. The summed E-state index contributed by atoms with van der Waals surface area (Å²) in [5.41, 5.74) is 0.659. The number of sulfonamides is 1. The molecule has 8 nitrogen and oxygen atoms in total. The normalized spacial score (nSPS) is 12.5. The highest BCUT2D eigenvalue weighted by atomic mass is 35.5. The molecule has 3 rings (SSSR count). The fourth-order valence-corrected chi connectivity index (χ4v) is 6.13. The van der Waals surface area contributed by atoms with Gasteiger partial charge in [-0.2, -0.15) is 9.30 Å². The maximum absolute atomic E-state index is 12.8. The molecule has 3 aromatic rings. The molecule has 12 heteroatoms. The van der Waals surface area contributed by atoms with Gasteiger partial charge in [0.2, 0.25) is 10.0 Å². The van der Waals surface area contributed by atoms with Crippen LogP contribution in [0.4, 0.5) is 0 Å². The number of benzene rings is 2. The summed E-state index contributed by atoms with van der Waals surface area (Å²) in [6.07, 6.45) is 0. The Balaban J connectivity index is 2.05. The van der Waals surface area contributed by atoms with Crippen LogP contribution < -0.4 is 4.80 Å².